The van der Waals surface area contributed by atoms with Crippen LogP contribution in [0, 0.1) is 0 Å². The topological polar surface area (TPSA) is 132 Å². The zero-order valence-corrected chi connectivity index (χ0v) is 19.0. The smallest absolute Gasteiger partial charge is 0.290 e. The summed E-state index contributed by atoms with van der Waals surface area (Å²) in [6.45, 7) is 2.07. The molecule has 0 aliphatic rings. The van der Waals surface area contributed by atoms with Crippen LogP contribution in [0.25, 0.3) is 22.2 Å². The van der Waals surface area contributed by atoms with Crippen molar-refractivity contribution in [1.82, 2.24) is 30.8 Å². The Morgan fingerprint density at radius 2 is 1.79 bits per heavy atom. The summed E-state index contributed by atoms with van der Waals surface area (Å²) < 4.78 is 6.44. The van der Waals surface area contributed by atoms with Crippen molar-refractivity contribution in [3.63, 3.8) is 0 Å². The SMILES string of the molecule is CCn1nc(C(=O)NNC(=O)CCCc2nc(-c3ccc(Cl)cc3)no2)c2ccccc2c1=O. The van der Waals surface area contributed by atoms with E-state index >= 15 is 0 Å². The first kappa shape index (κ1) is 23.1. The highest BCUT2D eigenvalue weighted by Crippen LogP contribution is 2.19. The van der Waals surface area contributed by atoms with Crippen LogP contribution in [0.15, 0.2) is 57.8 Å². The molecule has 4 rings (SSSR count). The van der Waals surface area contributed by atoms with Gasteiger partial charge in [-0.25, -0.2) is 4.68 Å². The van der Waals surface area contributed by atoms with Crippen LogP contribution >= 0.6 is 11.6 Å². The molecule has 34 heavy (non-hydrogen) atoms. The Hall–Kier alpha value is -4.05. The van der Waals surface area contributed by atoms with Gasteiger partial charge in [-0.1, -0.05) is 35.0 Å². The lowest BCUT2D eigenvalue weighted by atomic mass is 10.1. The summed E-state index contributed by atoms with van der Waals surface area (Å²) in [4.78, 5) is 41.6. The number of rotatable bonds is 7. The summed E-state index contributed by atoms with van der Waals surface area (Å²) in [6, 6.07) is 13.8. The van der Waals surface area contributed by atoms with Crippen molar-refractivity contribution in [2.75, 3.05) is 0 Å². The molecule has 0 saturated heterocycles. The van der Waals surface area contributed by atoms with Gasteiger partial charge in [0.25, 0.3) is 11.5 Å². The normalized spacial score (nSPS) is 10.9. The van der Waals surface area contributed by atoms with Crippen molar-refractivity contribution in [3.05, 3.63) is 75.5 Å². The van der Waals surface area contributed by atoms with Crippen LogP contribution in [0.3, 0.4) is 0 Å². The second-order valence-electron chi connectivity index (χ2n) is 7.39. The minimum absolute atomic E-state index is 0.0536. The Balaban J connectivity index is 1.31. The third-order valence-corrected chi connectivity index (χ3v) is 5.31. The lowest BCUT2D eigenvalue weighted by Gasteiger charge is -2.10. The fraction of sp³-hybridized carbons (Fsp3) is 0.217. The highest BCUT2D eigenvalue weighted by Gasteiger charge is 2.17. The Labute approximate surface area is 198 Å². The van der Waals surface area contributed by atoms with Crippen LogP contribution in [0.4, 0.5) is 0 Å². The summed E-state index contributed by atoms with van der Waals surface area (Å²) >= 11 is 5.88. The molecule has 0 spiro atoms. The molecule has 0 aliphatic heterocycles. The molecular weight excluding hydrogens is 460 g/mol. The number of nitrogens with zero attached hydrogens (tertiary/aromatic N) is 4. The molecule has 0 aliphatic carbocycles. The molecule has 11 heteroatoms. The van der Waals surface area contributed by atoms with Crippen molar-refractivity contribution in [2.45, 2.75) is 32.7 Å². The molecule has 2 aromatic heterocycles. The quantitative estimate of drug-likeness (QED) is 0.388. The Bertz CT molecular complexity index is 1400. The molecule has 10 nitrogen and oxygen atoms in total. The molecular formula is C23H21ClN6O4. The van der Waals surface area contributed by atoms with Gasteiger partial charge in [-0.15, -0.1) is 0 Å². The van der Waals surface area contributed by atoms with E-state index in [2.05, 4.69) is 26.1 Å². The molecule has 2 heterocycles. The van der Waals surface area contributed by atoms with Gasteiger partial charge in [0.1, 0.15) is 0 Å². The molecule has 4 aromatic rings. The Morgan fingerprint density at radius 3 is 2.53 bits per heavy atom. The molecule has 2 amide bonds. The number of aromatic nitrogens is 4. The lowest BCUT2D eigenvalue weighted by molar-refractivity contribution is -0.121. The Kier molecular flexibility index (Phi) is 6.98. The van der Waals surface area contributed by atoms with Crippen molar-refractivity contribution < 1.29 is 14.1 Å². The first-order valence-corrected chi connectivity index (χ1v) is 11.0. The van der Waals surface area contributed by atoms with Crippen molar-refractivity contribution in [1.29, 1.82) is 0 Å². The molecule has 2 aromatic carbocycles. The molecule has 0 radical (unpaired) electrons. The number of nitrogens with one attached hydrogen (secondary N) is 2. The van der Waals surface area contributed by atoms with Crippen LogP contribution < -0.4 is 16.4 Å². The fourth-order valence-corrected chi connectivity index (χ4v) is 3.46. The van der Waals surface area contributed by atoms with E-state index in [0.29, 0.717) is 46.9 Å². The number of aryl methyl sites for hydroxylation is 2. The summed E-state index contributed by atoms with van der Waals surface area (Å²) in [5.41, 5.74) is 5.29. The number of hydrazine groups is 1. The van der Waals surface area contributed by atoms with Gasteiger partial charge < -0.3 is 4.52 Å². The van der Waals surface area contributed by atoms with Crippen molar-refractivity contribution in [2.24, 2.45) is 0 Å². The number of benzene rings is 2. The van der Waals surface area contributed by atoms with Crippen LogP contribution in [0.1, 0.15) is 36.1 Å². The average molecular weight is 481 g/mol. The lowest BCUT2D eigenvalue weighted by Crippen LogP contribution is -2.42. The van der Waals surface area contributed by atoms with Gasteiger partial charge in [0.15, 0.2) is 5.69 Å². The van der Waals surface area contributed by atoms with Crippen molar-refractivity contribution >= 4 is 34.2 Å². The number of carbonyl (C=O) groups is 2. The summed E-state index contributed by atoms with van der Waals surface area (Å²) in [5.74, 6) is -0.161. The second kappa shape index (κ2) is 10.3. The maximum Gasteiger partial charge on any atom is 0.290 e. The third-order valence-electron chi connectivity index (χ3n) is 5.06. The van der Waals surface area contributed by atoms with Crippen LogP contribution in [0.5, 0.6) is 0 Å². The molecule has 0 bridgehead atoms. The highest BCUT2D eigenvalue weighted by atomic mass is 35.5. The van der Waals surface area contributed by atoms with E-state index < -0.39 is 5.91 Å². The third kappa shape index (κ3) is 5.12. The van der Waals surface area contributed by atoms with Gasteiger partial charge in [0.2, 0.25) is 17.6 Å². The Morgan fingerprint density at radius 1 is 1.06 bits per heavy atom. The van der Waals surface area contributed by atoms with Gasteiger partial charge in [-0.2, -0.15) is 10.1 Å². The van der Waals surface area contributed by atoms with Gasteiger partial charge >= 0.3 is 0 Å². The monoisotopic (exact) mass is 480 g/mol. The van der Waals surface area contributed by atoms with Gasteiger partial charge in [-0.05, 0) is 43.7 Å². The molecule has 174 valence electrons. The number of halogens is 1. The van der Waals surface area contributed by atoms with Crippen LogP contribution in [-0.4, -0.2) is 31.7 Å². The number of hydrogen-bond donors (Lipinski definition) is 2. The zero-order valence-electron chi connectivity index (χ0n) is 18.2. The average Bonchev–Trinajstić information content (AvgIpc) is 3.32. The predicted molar refractivity (Wildman–Crippen MR) is 125 cm³/mol. The molecule has 0 saturated carbocycles. The van der Waals surface area contributed by atoms with E-state index in [1.54, 1.807) is 55.5 Å². The summed E-state index contributed by atoms with van der Waals surface area (Å²) in [5, 5.41) is 9.48. The fourth-order valence-electron chi connectivity index (χ4n) is 3.34. The number of fused-ring (bicyclic) bond motifs is 1. The van der Waals surface area contributed by atoms with E-state index in [0.717, 1.165) is 5.56 Å². The number of amides is 2. The number of carbonyl (C=O) groups excluding carboxylic acids is 2. The zero-order chi connectivity index (χ0) is 24.1. The van der Waals surface area contributed by atoms with E-state index in [4.69, 9.17) is 16.1 Å². The molecule has 2 N–H and O–H groups in total. The minimum atomic E-state index is -0.615. The number of hydrogen-bond acceptors (Lipinski definition) is 7. The van der Waals surface area contributed by atoms with Crippen LogP contribution in [0.2, 0.25) is 5.02 Å². The van der Waals surface area contributed by atoms with Gasteiger partial charge in [0, 0.05) is 35.4 Å². The van der Waals surface area contributed by atoms with E-state index in [-0.39, 0.29) is 23.6 Å². The minimum Gasteiger partial charge on any atom is -0.339 e. The van der Waals surface area contributed by atoms with Crippen LogP contribution in [-0.2, 0) is 17.8 Å². The maximum absolute atomic E-state index is 12.7. The summed E-state index contributed by atoms with van der Waals surface area (Å²) in [7, 11) is 0. The first-order chi connectivity index (χ1) is 16.5. The van der Waals surface area contributed by atoms with Crippen molar-refractivity contribution in [3.8, 4) is 11.4 Å². The predicted octanol–water partition coefficient (Wildman–Crippen LogP) is 2.90. The molecule has 0 unspecified atom stereocenters. The molecule has 0 fully saturated rings. The molecule has 0 atom stereocenters. The van der Waals surface area contributed by atoms with E-state index in [9.17, 15) is 14.4 Å². The standard InChI is InChI=1S/C23H21ClN6O4/c1-2-30-23(33)17-7-4-3-6-16(17)20(28-30)22(32)27-26-18(31)8-5-9-19-25-21(29-34-19)14-10-12-15(24)13-11-14/h3-4,6-7,10-13H,2,5,8-9H2,1H3,(H,26,31)(H,27,32). The summed E-state index contributed by atoms with van der Waals surface area (Å²) in [6.07, 6.45) is 0.961. The van der Waals surface area contributed by atoms with Gasteiger partial charge in [-0.3, -0.25) is 25.2 Å². The first-order valence-electron chi connectivity index (χ1n) is 10.6. The largest absolute Gasteiger partial charge is 0.339 e. The second-order valence-corrected chi connectivity index (χ2v) is 7.83. The van der Waals surface area contributed by atoms with E-state index in [1.165, 1.54) is 4.68 Å². The van der Waals surface area contributed by atoms with Gasteiger partial charge in [0.05, 0.1) is 5.39 Å². The maximum atomic E-state index is 12.7. The highest BCUT2D eigenvalue weighted by molar-refractivity contribution is 6.30. The van der Waals surface area contributed by atoms with E-state index in [1.807, 2.05) is 0 Å².